The molecular weight excluding hydrogens is 356 g/mol. The molecule has 0 spiro atoms. The van der Waals surface area contributed by atoms with Gasteiger partial charge in [0.2, 0.25) is 5.91 Å². The predicted molar refractivity (Wildman–Crippen MR) is 109 cm³/mol. The van der Waals surface area contributed by atoms with Crippen LogP contribution in [0, 0.1) is 12.8 Å². The van der Waals surface area contributed by atoms with Crippen molar-refractivity contribution in [2.45, 2.75) is 39.8 Å². The van der Waals surface area contributed by atoms with Gasteiger partial charge in [0.1, 0.15) is 18.4 Å². The Morgan fingerprint density at radius 1 is 1.11 bits per heavy atom. The Labute approximate surface area is 166 Å². The highest BCUT2D eigenvalue weighted by Gasteiger charge is 2.27. The number of carbonyl (C=O) groups excluding carboxylic acids is 2. The van der Waals surface area contributed by atoms with E-state index in [9.17, 15) is 9.59 Å². The van der Waals surface area contributed by atoms with Crippen molar-refractivity contribution in [2.24, 2.45) is 5.92 Å². The quantitative estimate of drug-likeness (QED) is 0.712. The number of anilines is 1. The first-order chi connectivity index (χ1) is 13.4. The number of hydrogen-bond donors (Lipinski definition) is 2. The molecule has 150 valence electrons. The monoisotopic (exact) mass is 384 g/mol. The number of rotatable bonds is 8. The van der Waals surface area contributed by atoms with Crippen LogP contribution in [0.25, 0.3) is 0 Å². The van der Waals surface area contributed by atoms with Gasteiger partial charge in [0, 0.05) is 0 Å². The van der Waals surface area contributed by atoms with Crippen LogP contribution in [-0.2, 0) is 16.1 Å². The molecule has 2 atom stereocenters. The summed E-state index contributed by atoms with van der Waals surface area (Å²) in [7, 11) is 1.55. The Kier molecular flexibility index (Phi) is 7.87. The van der Waals surface area contributed by atoms with E-state index in [1.807, 2.05) is 63.2 Å². The summed E-state index contributed by atoms with van der Waals surface area (Å²) in [4.78, 5) is 25.1. The molecule has 0 bridgehead atoms. The second kappa shape index (κ2) is 10.3. The summed E-state index contributed by atoms with van der Waals surface area (Å²) in [5.41, 5.74) is 2.44. The molecule has 6 heteroatoms. The zero-order chi connectivity index (χ0) is 20.5. The van der Waals surface area contributed by atoms with Crippen molar-refractivity contribution in [3.8, 4) is 5.75 Å². The molecule has 0 radical (unpaired) electrons. The molecule has 28 heavy (non-hydrogen) atoms. The van der Waals surface area contributed by atoms with E-state index < -0.39 is 12.1 Å². The minimum atomic E-state index is -0.724. The van der Waals surface area contributed by atoms with E-state index in [0.29, 0.717) is 11.4 Å². The van der Waals surface area contributed by atoms with Gasteiger partial charge in [0.15, 0.2) is 0 Å². The van der Waals surface area contributed by atoms with Gasteiger partial charge in [-0.2, -0.15) is 0 Å². The fourth-order valence-electron chi connectivity index (χ4n) is 2.72. The molecule has 0 aliphatic rings. The third-order valence-electron chi connectivity index (χ3n) is 4.59. The normalized spacial score (nSPS) is 12.6. The fourth-order valence-corrected chi connectivity index (χ4v) is 2.72. The number of methoxy groups -OCH3 is 1. The van der Waals surface area contributed by atoms with Crippen LogP contribution < -0.4 is 15.4 Å². The zero-order valence-corrected chi connectivity index (χ0v) is 16.8. The van der Waals surface area contributed by atoms with Gasteiger partial charge in [-0.1, -0.05) is 56.7 Å². The largest absolute Gasteiger partial charge is 0.495 e. The zero-order valence-electron chi connectivity index (χ0n) is 16.8. The maximum absolute atomic E-state index is 12.9. The first-order valence-corrected chi connectivity index (χ1v) is 9.37. The number of amides is 2. The van der Waals surface area contributed by atoms with Crippen LogP contribution in [0.5, 0.6) is 5.75 Å². The summed E-state index contributed by atoms with van der Waals surface area (Å²) in [6.45, 7) is 5.96. The molecule has 2 rings (SSSR count). The highest BCUT2D eigenvalue weighted by Crippen LogP contribution is 2.26. The number of benzene rings is 2. The van der Waals surface area contributed by atoms with Crippen LogP contribution in [-0.4, -0.2) is 25.2 Å². The summed E-state index contributed by atoms with van der Waals surface area (Å²) >= 11 is 0. The van der Waals surface area contributed by atoms with Crippen LogP contribution in [0.4, 0.5) is 10.5 Å². The van der Waals surface area contributed by atoms with Crippen molar-refractivity contribution in [2.75, 3.05) is 12.4 Å². The van der Waals surface area contributed by atoms with Crippen LogP contribution in [0.1, 0.15) is 31.4 Å². The molecular formula is C22H28N2O4. The van der Waals surface area contributed by atoms with E-state index in [2.05, 4.69) is 10.6 Å². The van der Waals surface area contributed by atoms with Crippen molar-refractivity contribution >= 4 is 17.7 Å². The molecule has 0 aromatic heterocycles. The number of hydrogen-bond acceptors (Lipinski definition) is 4. The third-order valence-corrected chi connectivity index (χ3v) is 4.59. The lowest BCUT2D eigenvalue weighted by Crippen LogP contribution is -2.47. The van der Waals surface area contributed by atoms with Gasteiger partial charge in [0.05, 0.1) is 12.8 Å². The first kappa shape index (κ1) is 21.3. The second-order valence-corrected chi connectivity index (χ2v) is 6.76. The molecule has 0 fully saturated rings. The molecule has 2 N–H and O–H groups in total. The van der Waals surface area contributed by atoms with Crippen LogP contribution in [0.2, 0.25) is 0 Å². The Morgan fingerprint density at radius 3 is 2.46 bits per heavy atom. The standard InChI is InChI=1S/C22H28N2O4/c1-5-16(3)20(24-22(26)28-14-17-9-7-6-8-10-17)21(25)23-18-13-15(2)11-12-19(18)27-4/h6-13,16,20H,5,14H2,1-4H3,(H,23,25)(H,24,26)/t16-,20-/m1/s1. The van der Waals surface area contributed by atoms with E-state index in [-0.39, 0.29) is 18.4 Å². The van der Waals surface area contributed by atoms with Gasteiger partial charge >= 0.3 is 6.09 Å². The molecule has 0 heterocycles. The van der Waals surface area contributed by atoms with Gasteiger partial charge in [-0.15, -0.1) is 0 Å². The molecule has 6 nitrogen and oxygen atoms in total. The number of nitrogens with one attached hydrogen (secondary N) is 2. The first-order valence-electron chi connectivity index (χ1n) is 9.37. The third kappa shape index (κ3) is 6.01. The van der Waals surface area contributed by atoms with Crippen molar-refractivity contribution < 1.29 is 19.1 Å². The Balaban J connectivity index is 2.05. The van der Waals surface area contributed by atoms with Gasteiger partial charge in [-0.25, -0.2) is 4.79 Å². The summed E-state index contributed by atoms with van der Waals surface area (Å²) in [5.74, 6) is 0.184. The number of carbonyl (C=O) groups is 2. The highest BCUT2D eigenvalue weighted by molar-refractivity contribution is 5.98. The van der Waals surface area contributed by atoms with Gasteiger partial charge in [-0.05, 0) is 36.1 Å². The molecule has 0 aliphatic carbocycles. The smallest absolute Gasteiger partial charge is 0.408 e. The molecule has 2 amide bonds. The molecule has 0 unspecified atom stereocenters. The fraction of sp³-hybridized carbons (Fsp3) is 0.364. The van der Waals surface area contributed by atoms with Crippen molar-refractivity contribution in [3.63, 3.8) is 0 Å². The lowest BCUT2D eigenvalue weighted by Gasteiger charge is -2.24. The predicted octanol–water partition coefficient (Wildman–Crippen LogP) is 4.28. The molecule has 0 saturated heterocycles. The second-order valence-electron chi connectivity index (χ2n) is 6.76. The number of ether oxygens (including phenoxy) is 2. The average molecular weight is 384 g/mol. The molecule has 2 aromatic carbocycles. The van der Waals surface area contributed by atoms with Gasteiger partial charge in [0.25, 0.3) is 0 Å². The number of aryl methyl sites for hydroxylation is 1. The maximum Gasteiger partial charge on any atom is 0.408 e. The van der Waals surface area contributed by atoms with Crippen molar-refractivity contribution in [1.29, 1.82) is 0 Å². The van der Waals surface area contributed by atoms with E-state index in [4.69, 9.17) is 9.47 Å². The Bertz CT molecular complexity index is 792. The lowest BCUT2D eigenvalue weighted by molar-refractivity contribution is -0.119. The molecule has 0 saturated carbocycles. The summed E-state index contributed by atoms with van der Waals surface area (Å²) in [5, 5.41) is 5.56. The topological polar surface area (TPSA) is 76.7 Å². The van der Waals surface area contributed by atoms with E-state index in [0.717, 1.165) is 17.5 Å². The minimum absolute atomic E-state index is 0.0694. The average Bonchev–Trinajstić information content (AvgIpc) is 2.70. The Morgan fingerprint density at radius 2 is 1.82 bits per heavy atom. The molecule has 0 aliphatic heterocycles. The van der Waals surface area contributed by atoms with E-state index in [1.165, 1.54) is 0 Å². The molecule has 2 aromatic rings. The Hall–Kier alpha value is -3.02. The van der Waals surface area contributed by atoms with Gasteiger partial charge in [-0.3, -0.25) is 4.79 Å². The lowest BCUT2D eigenvalue weighted by atomic mass is 9.98. The van der Waals surface area contributed by atoms with Crippen molar-refractivity contribution in [1.82, 2.24) is 5.32 Å². The maximum atomic E-state index is 12.9. The van der Waals surface area contributed by atoms with Gasteiger partial charge < -0.3 is 20.1 Å². The summed E-state index contributed by atoms with van der Waals surface area (Å²) in [6, 6.07) is 14.2. The van der Waals surface area contributed by atoms with Crippen LogP contribution >= 0.6 is 0 Å². The number of alkyl carbamates (subject to hydrolysis) is 1. The summed E-state index contributed by atoms with van der Waals surface area (Å²) < 4.78 is 10.6. The highest BCUT2D eigenvalue weighted by atomic mass is 16.5. The van der Waals surface area contributed by atoms with E-state index in [1.54, 1.807) is 13.2 Å². The van der Waals surface area contributed by atoms with Crippen LogP contribution in [0.3, 0.4) is 0 Å². The van der Waals surface area contributed by atoms with Crippen molar-refractivity contribution in [3.05, 3.63) is 59.7 Å². The SMILES string of the molecule is CC[C@@H](C)[C@@H](NC(=O)OCc1ccccc1)C(=O)Nc1cc(C)ccc1OC. The summed E-state index contributed by atoms with van der Waals surface area (Å²) in [6.07, 6.45) is 0.0997. The minimum Gasteiger partial charge on any atom is -0.495 e. The van der Waals surface area contributed by atoms with E-state index >= 15 is 0 Å². The van der Waals surface area contributed by atoms with Crippen LogP contribution in [0.15, 0.2) is 48.5 Å².